The van der Waals surface area contributed by atoms with Crippen LogP contribution in [-0.2, 0) is 17.7 Å². The standard InChI is InChI=1S/C15H20BrN3O/c1-3-15-12(10-17-7-8-20-2)11-18-19(15)14-6-4-5-13(16)9-14/h4-6,9,11,17H,3,7-8,10H2,1-2H3. The fraction of sp³-hybridized carbons (Fsp3) is 0.400. The van der Waals surface area contributed by atoms with Crippen molar-refractivity contribution in [3.05, 3.63) is 46.2 Å². The molecular formula is C15H20BrN3O. The van der Waals surface area contributed by atoms with E-state index in [-0.39, 0.29) is 0 Å². The Kier molecular flexibility index (Phi) is 5.76. The van der Waals surface area contributed by atoms with Crippen molar-refractivity contribution in [2.75, 3.05) is 20.3 Å². The summed E-state index contributed by atoms with van der Waals surface area (Å²) >= 11 is 3.50. The zero-order valence-electron chi connectivity index (χ0n) is 11.9. The molecule has 0 radical (unpaired) electrons. The molecule has 1 heterocycles. The molecule has 0 atom stereocenters. The van der Waals surface area contributed by atoms with Crippen LogP contribution >= 0.6 is 15.9 Å². The molecule has 1 aromatic heterocycles. The van der Waals surface area contributed by atoms with Crippen LogP contribution in [0.3, 0.4) is 0 Å². The van der Waals surface area contributed by atoms with Crippen LogP contribution in [-0.4, -0.2) is 30.0 Å². The van der Waals surface area contributed by atoms with Gasteiger partial charge in [-0.1, -0.05) is 28.9 Å². The summed E-state index contributed by atoms with van der Waals surface area (Å²) in [6, 6.07) is 8.19. The second-order valence-corrected chi connectivity index (χ2v) is 5.45. The Morgan fingerprint density at radius 1 is 1.40 bits per heavy atom. The van der Waals surface area contributed by atoms with E-state index in [1.807, 2.05) is 23.0 Å². The third kappa shape index (κ3) is 3.69. The Hall–Kier alpha value is -1.17. The molecule has 20 heavy (non-hydrogen) atoms. The minimum atomic E-state index is 0.723. The van der Waals surface area contributed by atoms with Gasteiger partial charge in [0.2, 0.25) is 0 Å². The summed E-state index contributed by atoms with van der Waals surface area (Å²) in [6.07, 6.45) is 2.90. The molecule has 0 aliphatic carbocycles. The topological polar surface area (TPSA) is 39.1 Å². The number of methoxy groups -OCH3 is 1. The molecule has 4 nitrogen and oxygen atoms in total. The number of nitrogens with zero attached hydrogens (tertiary/aromatic N) is 2. The molecule has 5 heteroatoms. The summed E-state index contributed by atoms with van der Waals surface area (Å²) in [5.74, 6) is 0. The molecule has 0 spiro atoms. The molecule has 2 rings (SSSR count). The lowest BCUT2D eigenvalue weighted by Crippen LogP contribution is -2.19. The summed E-state index contributed by atoms with van der Waals surface area (Å²) in [5, 5.41) is 7.89. The van der Waals surface area contributed by atoms with E-state index in [0.717, 1.165) is 36.3 Å². The monoisotopic (exact) mass is 337 g/mol. The first kappa shape index (κ1) is 15.2. The van der Waals surface area contributed by atoms with Gasteiger partial charge >= 0.3 is 0 Å². The fourth-order valence-electron chi connectivity index (χ4n) is 2.16. The SMILES string of the molecule is CCc1c(CNCCOC)cnn1-c1cccc(Br)c1. The van der Waals surface area contributed by atoms with E-state index in [4.69, 9.17) is 4.74 Å². The van der Waals surface area contributed by atoms with Crippen LogP contribution in [0.5, 0.6) is 0 Å². The summed E-state index contributed by atoms with van der Waals surface area (Å²) < 4.78 is 8.11. The van der Waals surface area contributed by atoms with Crippen LogP contribution in [0.1, 0.15) is 18.2 Å². The number of nitrogens with one attached hydrogen (secondary N) is 1. The second kappa shape index (κ2) is 7.57. The second-order valence-electron chi connectivity index (χ2n) is 4.53. The molecule has 0 aliphatic heterocycles. The van der Waals surface area contributed by atoms with E-state index >= 15 is 0 Å². The first-order chi connectivity index (χ1) is 9.76. The number of rotatable bonds is 7. The van der Waals surface area contributed by atoms with Crippen LogP contribution < -0.4 is 5.32 Å². The van der Waals surface area contributed by atoms with Crippen LogP contribution in [0.25, 0.3) is 5.69 Å². The van der Waals surface area contributed by atoms with Crippen molar-refractivity contribution in [3.63, 3.8) is 0 Å². The van der Waals surface area contributed by atoms with Gasteiger partial charge in [-0.2, -0.15) is 5.10 Å². The van der Waals surface area contributed by atoms with Gasteiger partial charge in [-0.05, 0) is 24.6 Å². The van der Waals surface area contributed by atoms with Crippen molar-refractivity contribution in [1.29, 1.82) is 0 Å². The number of aromatic nitrogens is 2. The predicted octanol–water partition coefficient (Wildman–Crippen LogP) is 2.93. The van der Waals surface area contributed by atoms with Gasteiger partial charge in [-0.3, -0.25) is 0 Å². The number of ether oxygens (including phenoxy) is 1. The van der Waals surface area contributed by atoms with Crippen LogP contribution in [0, 0.1) is 0 Å². The number of halogens is 1. The molecule has 0 unspecified atom stereocenters. The Bertz CT molecular complexity index is 554. The van der Waals surface area contributed by atoms with E-state index in [0.29, 0.717) is 0 Å². The number of benzene rings is 1. The molecule has 1 N–H and O–H groups in total. The third-order valence-corrected chi connectivity index (χ3v) is 3.63. The Morgan fingerprint density at radius 3 is 2.95 bits per heavy atom. The van der Waals surface area contributed by atoms with Gasteiger partial charge in [0.15, 0.2) is 0 Å². The quantitative estimate of drug-likeness (QED) is 0.789. The van der Waals surface area contributed by atoms with Gasteiger partial charge in [0.1, 0.15) is 0 Å². The Morgan fingerprint density at radius 2 is 2.25 bits per heavy atom. The zero-order valence-corrected chi connectivity index (χ0v) is 13.5. The lowest BCUT2D eigenvalue weighted by molar-refractivity contribution is 0.199. The molecular weight excluding hydrogens is 318 g/mol. The number of hydrogen-bond donors (Lipinski definition) is 1. The highest BCUT2D eigenvalue weighted by molar-refractivity contribution is 9.10. The van der Waals surface area contributed by atoms with Crippen molar-refractivity contribution in [2.24, 2.45) is 0 Å². The van der Waals surface area contributed by atoms with Gasteiger partial charge in [0, 0.05) is 35.9 Å². The molecule has 0 saturated carbocycles. The maximum absolute atomic E-state index is 5.04. The highest BCUT2D eigenvalue weighted by Crippen LogP contribution is 2.19. The van der Waals surface area contributed by atoms with E-state index in [1.54, 1.807) is 7.11 Å². The minimum absolute atomic E-state index is 0.723. The minimum Gasteiger partial charge on any atom is -0.383 e. The predicted molar refractivity (Wildman–Crippen MR) is 84.2 cm³/mol. The van der Waals surface area contributed by atoms with Crippen LogP contribution in [0.15, 0.2) is 34.9 Å². The summed E-state index contributed by atoms with van der Waals surface area (Å²) in [7, 11) is 1.71. The molecule has 2 aromatic rings. The molecule has 1 aromatic carbocycles. The van der Waals surface area contributed by atoms with Gasteiger partial charge < -0.3 is 10.1 Å². The first-order valence-electron chi connectivity index (χ1n) is 6.77. The van der Waals surface area contributed by atoms with Crippen molar-refractivity contribution in [3.8, 4) is 5.69 Å². The molecule has 0 amide bonds. The fourth-order valence-corrected chi connectivity index (χ4v) is 2.55. The lowest BCUT2D eigenvalue weighted by Gasteiger charge is -2.09. The Labute approximate surface area is 128 Å². The maximum Gasteiger partial charge on any atom is 0.0660 e. The van der Waals surface area contributed by atoms with Gasteiger partial charge in [-0.15, -0.1) is 0 Å². The Balaban J connectivity index is 2.16. The largest absolute Gasteiger partial charge is 0.383 e. The van der Waals surface area contributed by atoms with Crippen molar-refractivity contribution in [1.82, 2.24) is 15.1 Å². The average Bonchev–Trinajstić information content (AvgIpc) is 2.86. The summed E-state index contributed by atoms with van der Waals surface area (Å²) in [6.45, 7) is 4.55. The van der Waals surface area contributed by atoms with Gasteiger partial charge in [0.05, 0.1) is 18.5 Å². The van der Waals surface area contributed by atoms with Gasteiger partial charge in [0.25, 0.3) is 0 Å². The maximum atomic E-state index is 5.04. The molecule has 0 bridgehead atoms. The normalized spacial score (nSPS) is 10.9. The van der Waals surface area contributed by atoms with Crippen LogP contribution in [0.4, 0.5) is 0 Å². The van der Waals surface area contributed by atoms with Crippen molar-refractivity contribution < 1.29 is 4.74 Å². The lowest BCUT2D eigenvalue weighted by atomic mass is 10.2. The molecule has 0 aliphatic rings. The van der Waals surface area contributed by atoms with E-state index in [1.165, 1.54) is 11.3 Å². The summed E-state index contributed by atoms with van der Waals surface area (Å²) in [5.41, 5.74) is 3.57. The first-order valence-corrected chi connectivity index (χ1v) is 7.57. The van der Waals surface area contributed by atoms with E-state index in [2.05, 4.69) is 45.4 Å². The smallest absolute Gasteiger partial charge is 0.0660 e. The average molecular weight is 338 g/mol. The summed E-state index contributed by atoms with van der Waals surface area (Å²) in [4.78, 5) is 0. The third-order valence-electron chi connectivity index (χ3n) is 3.14. The van der Waals surface area contributed by atoms with E-state index in [9.17, 15) is 0 Å². The zero-order chi connectivity index (χ0) is 14.4. The molecule has 0 fully saturated rings. The van der Waals surface area contributed by atoms with Crippen molar-refractivity contribution in [2.45, 2.75) is 19.9 Å². The van der Waals surface area contributed by atoms with E-state index < -0.39 is 0 Å². The van der Waals surface area contributed by atoms with Crippen LogP contribution in [0.2, 0.25) is 0 Å². The molecule has 108 valence electrons. The van der Waals surface area contributed by atoms with Crippen molar-refractivity contribution >= 4 is 15.9 Å². The molecule has 0 saturated heterocycles. The van der Waals surface area contributed by atoms with Gasteiger partial charge in [-0.25, -0.2) is 4.68 Å². The highest BCUT2D eigenvalue weighted by Gasteiger charge is 2.10. The number of hydrogen-bond acceptors (Lipinski definition) is 3. The highest BCUT2D eigenvalue weighted by atomic mass is 79.9.